The van der Waals surface area contributed by atoms with E-state index in [0.717, 1.165) is 31.2 Å². The zero-order chi connectivity index (χ0) is 38.6. The van der Waals surface area contributed by atoms with Crippen molar-refractivity contribution in [2.24, 2.45) is 5.92 Å². The Kier molecular flexibility index (Phi) is 15.1. The van der Waals surface area contributed by atoms with Crippen LogP contribution in [0.3, 0.4) is 0 Å². The first kappa shape index (κ1) is 41.6. The zero-order valence-corrected chi connectivity index (χ0v) is 32.5. The zero-order valence-electron chi connectivity index (χ0n) is 32.5. The van der Waals surface area contributed by atoms with Gasteiger partial charge in [0.25, 0.3) is 0 Å². The van der Waals surface area contributed by atoms with Crippen LogP contribution in [0.25, 0.3) is 0 Å². The van der Waals surface area contributed by atoms with Crippen molar-refractivity contribution in [1.29, 1.82) is 0 Å². The molecule has 1 aromatic heterocycles. The van der Waals surface area contributed by atoms with E-state index < -0.39 is 47.6 Å². The molecule has 0 radical (unpaired) electrons. The van der Waals surface area contributed by atoms with Crippen LogP contribution in [0.15, 0.2) is 42.9 Å². The number of carbonyl (C=O) groups excluding carboxylic acids is 4. The van der Waals surface area contributed by atoms with Crippen molar-refractivity contribution in [3.8, 4) is 0 Å². The Morgan fingerprint density at radius 3 is 2.25 bits per heavy atom. The van der Waals surface area contributed by atoms with Crippen LogP contribution in [0.5, 0.6) is 0 Å². The number of nitrogens with one attached hydrogen (secondary N) is 6. The van der Waals surface area contributed by atoms with E-state index in [9.17, 15) is 19.2 Å². The molecule has 1 aliphatic carbocycles. The van der Waals surface area contributed by atoms with Crippen molar-refractivity contribution < 1.29 is 33.4 Å². The SMILES string of the molecule is CC(C)NC(=O)NC[C@H]1C[C@@H]([C@H](CC2CCCCC2)NC(=O)[C@H](Cc2cnc[nH]2)NC(=O)[C@H](Cc2ccccc2)NC(=O)OC(C)(C)C)OC(C)(C)O1. The first-order valence-electron chi connectivity index (χ1n) is 19.1. The first-order chi connectivity index (χ1) is 25.0. The number of imidazole rings is 1. The van der Waals surface area contributed by atoms with Crippen molar-refractivity contribution in [3.63, 3.8) is 0 Å². The standard InChI is InChI=1S/C39H61N7O7/c1-25(2)43-36(49)41-23-29-21-33(52-39(6,7)51-29)30(18-26-14-10-8-11-15-26)44-35(48)32(20-28-22-40-24-42-28)45-34(47)31(19-27-16-12-9-13-17-27)46-37(50)53-38(3,4)5/h9,12-13,16-17,22,24-26,29-33H,8,10-11,14-15,18-21,23H2,1-7H3,(H,40,42)(H,44,48)(H,45,47)(H,46,50)(H2,41,43,49)/t29-,30+,31+,32+,33+/m1/s1. The summed E-state index contributed by atoms with van der Waals surface area (Å²) in [6.07, 6.45) is 8.67. The fourth-order valence-electron chi connectivity index (χ4n) is 7.02. The molecule has 4 rings (SSSR count). The predicted octanol–water partition coefficient (Wildman–Crippen LogP) is 4.65. The van der Waals surface area contributed by atoms with Gasteiger partial charge < -0.3 is 45.8 Å². The number of aromatic nitrogens is 2. The number of amides is 5. The van der Waals surface area contributed by atoms with Gasteiger partial charge in [0.05, 0.1) is 24.6 Å². The lowest BCUT2D eigenvalue weighted by molar-refractivity contribution is -0.302. The van der Waals surface area contributed by atoms with E-state index in [4.69, 9.17) is 14.2 Å². The van der Waals surface area contributed by atoms with Crippen molar-refractivity contribution in [1.82, 2.24) is 36.6 Å². The third-order valence-corrected chi connectivity index (χ3v) is 9.28. The second-order valence-electron chi connectivity index (χ2n) is 16.1. The normalized spacial score (nSPS) is 20.8. The van der Waals surface area contributed by atoms with E-state index in [0.29, 0.717) is 24.5 Å². The Labute approximate surface area is 314 Å². The topological polar surface area (TPSA) is 185 Å². The lowest BCUT2D eigenvalue weighted by atomic mass is 9.82. The Morgan fingerprint density at radius 2 is 1.60 bits per heavy atom. The maximum absolute atomic E-state index is 14.4. The number of hydrogen-bond acceptors (Lipinski definition) is 8. The maximum Gasteiger partial charge on any atom is 0.408 e. The smallest absolute Gasteiger partial charge is 0.408 e. The Balaban J connectivity index is 1.56. The van der Waals surface area contributed by atoms with Gasteiger partial charge in [-0.1, -0.05) is 62.4 Å². The first-order valence-corrected chi connectivity index (χ1v) is 19.1. The van der Waals surface area contributed by atoms with Crippen LogP contribution in [0, 0.1) is 5.92 Å². The number of hydrogen-bond donors (Lipinski definition) is 6. The minimum atomic E-state index is -1.02. The molecule has 2 aromatic rings. The summed E-state index contributed by atoms with van der Waals surface area (Å²) in [5, 5.41) is 14.7. The molecule has 0 bridgehead atoms. The number of alkyl carbamates (subject to hydrolysis) is 1. The van der Waals surface area contributed by atoms with Crippen molar-refractivity contribution in [2.45, 2.75) is 154 Å². The Bertz CT molecular complexity index is 1460. The molecule has 6 N–H and O–H groups in total. The van der Waals surface area contributed by atoms with Crippen LogP contribution in [0.2, 0.25) is 0 Å². The van der Waals surface area contributed by atoms with Crippen LogP contribution >= 0.6 is 0 Å². The lowest BCUT2D eigenvalue weighted by Gasteiger charge is -2.44. The summed E-state index contributed by atoms with van der Waals surface area (Å²) in [5.74, 6) is -1.49. The molecule has 2 aliphatic rings. The molecule has 14 heteroatoms. The second kappa shape index (κ2) is 19.2. The summed E-state index contributed by atoms with van der Waals surface area (Å²) in [4.78, 5) is 60.9. The number of rotatable bonds is 15. The van der Waals surface area contributed by atoms with E-state index in [2.05, 4.69) is 36.6 Å². The van der Waals surface area contributed by atoms with Crippen molar-refractivity contribution in [3.05, 3.63) is 54.1 Å². The number of nitrogens with zero attached hydrogens (tertiary/aromatic N) is 1. The molecule has 5 amide bonds. The minimum absolute atomic E-state index is 0.0122. The molecule has 1 saturated carbocycles. The summed E-state index contributed by atoms with van der Waals surface area (Å²) in [5.41, 5.74) is 0.712. The second-order valence-corrected chi connectivity index (χ2v) is 16.1. The highest BCUT2D eigenvalue weighted by atomic mass is 16.7. The Hall–Kier alpha value is -4.17. The number of carbonyl (C=O) groups is 4. The monoisotopic (exact) mass is 739 g/mol. The number of H-pyrrole nitrogens is 1. The fourth-order valence-corrected chi connectivity index (χ4v) is 7.02. The highest BCUT2D eigenvalue weighted by molar-refractivity contribution is 5.91. The molecule has 1 aliphatic heterocycles. The average Bonchev–Trinajstić information content (AvgIpc) is 3.59. The molecule has 2 fully saturated rings. The van der Waals surface area contributed by atoms with Gasteiger partial charge in [-0.05, 0) is 66.4 Å². The van der Waals surface area contributed by atoms with Crippen LogP contribution in [0.4, 0.5) is 9.59 Å². The van der Waals surface area contributed by atoms with E-state index in [-0.39, 0.29) is 43.5 Å². The molecule has 0 unspecified atom stereocenters. The van der Waals surface area contributed by atoms with Gasteiger partial charge >= 0.3 is 12.1 Å². The van der Waals surface area contributed by atoms with Gasteiger partial charge in [-0.3, -0.25) is 9.59 Å². The highest BCUT2D eigenvalue weighted by Gasteiger charge is 2.41. The van der Waals surface area contributed by atoms with Gasteiger partial charge in [-0.25, -0.2) is 14.6 Å². The third kappa shape index (κ3) is 14.6. The quantitative estimate of drug-likeness (QED) is 0.153. The molecule has 1 saturated heterocycles. The van der Waals surface area contributed by atoms with Gasteiger partial charge in [-0.2, -0.15) is 0 Å². The largest absolute Gasteiger partial charge is 0.444 e. The minimum Gasteiger partial charge on any atom is -0.444 e. The molecule has 5 atom stereocenters. The number of ether oxygens (including phenoxy) is 3. The van der Waals surface area contributed by atoms with E-state index in [1.807, 2.05) is 58.0 Å². The molecule has 2 heterocycles. The third-order valence-electron chi connectivity index (χ3n) is 9.28. The summed E-state index contributed by atoms with van der Waals surface area (Å²) in [6.45, 7) is 13.0. The number of urea groups is 1. The van der Waals surface area contributed by atoms with Gasteiger partial charge in [0, 0.05) is 43.7 Å². The predicted molar refractivity (Wildman–Crippen MR) is 201 cm³/mol. The van der Waals surface area contributed by atoms with Gasteiger partial charge in [0.2, 0.25) is 11.8 Å². The summed E-state index contributed by atoms with van der Waals surface area (Å²) < 4.78 is 18.2. The van der Waals surface area contributed by atoms with Crippen LogP contribution < -0.4 is 26.6 Å². The Morgan fingerprint density at radius 1 is 0.925 bits per heavy atom. The molecule has 1 aromatic carbocycles. The van der Waals surface area contributed by atoms with Crippen LogP contribution in [-0.4, -0.2) is 88.2 Å². The summed E-state index contributed by atoms with van der Waals surface area (Å²) in [6, 6.07) is 6.61. The summed E-state index contributed by atoms with van der Waals surface area (Å²) in [7, 11) is 0. The van der Waals surface area contributed by atoms with E-state index >= 15 is 0 Å². The highest BCUT2D eigenvalue weighted by Crippen LogP contribution is 2.33. The molecule has 53 heavy (non-hydrogen) atoms. The van der Waals surface area contributed by atoms with E-state index in [1.165, 1.54) is 12.7 Å². The molecule has 0 spiro atoms. The van der Waals surface area contributed by atoms with E-state index in [1.54, 1.807) is 27.0 Å². The maximum atomic E-state index is 14.4. The summed E-state index contributed by atoms with van der Waals surface area (Å²) >= 11 is 0. The molecule has 294 valence electrons. The van der Waals surface area contributed by atoms with Crippen LogP contribution in [0.1, 0.15) is 105 Å². The average molecular weight is 740 g/mol. The van der Waals surface area contributed by atoms with Gasteiger partial charge in [-0.15, -0.1) is 0 Å². The van der Waals surface area contributed by atoms with Crippen LogP contribution in [-0.2, 0) is 36.6 Å². The number of benzene rings is 1. The van der Waals surface area contributed by atoms with Gasteiger partial charge in [0.15, 0.2) is 5.79 Å². The molecular weight excluding hydrogens is 678 g/mol. The molecular formula is C39H61N7O7. The number of aromatic amines is 1. The fraction of sp³-hybridized carbons (Fsp3) is 0.667. The van der Waals surface area contributed by atoms with Crippen molar-refractivity contribution in [2.75, 3.05) is 6.54 Å². The molecule has 14 nitrogen and oxygen atoms in total. The lowest BCUT2D eigenvalue weighted by Crippen LogP contribution is -2.60. The van der Waals surface area contributed by atoms with Gasteiger partial charge in [0.1, 0.15) is 17.7 Å². The van der Waals surface area contributed by atoms with Crippen molar-refractivity contribution >= 4 is 23.9 Å².